The number of ketones is 3. The van der Waals surface area contributed by atoms with Gasteiger partial charge in [0, 0.05) is 27.5 Å². The van der Waals surface area contributed by atoms with Gasteiger partial charge in [-0.1, -0.05) is 45.0 Å². The van der Waals surface area contributed by atoms with Gasteiger partial charge in [-0.3, -0.25) is 19.5 Å². The van der Waals surface area contributed by atoms with Crippen molar-refractivity contribution in [1.29, 1.82) is 0 Å². The second kappa shape index (κ2) is 4.96. The normalized spacial score (nSPS) is 13.7. The summed E-state index contributed by atoms with van der Waals surface area (Å²) < 4.78 is 0. The Morgan fingerprint density at radius 3 is 2.20 bits per heavy atom. The molecule has 0 unspecified atom stereocenters. The van der Waals surface area contributed by atoms with Crippen LogP contribution in [-0.4, -0.2) is 27.5 Å². The summed E-state index contributed by atoms with van der Waals surface area (Å²) in [6.07, 6.45) is 0. The van der Waals surface area contributed by atoms with Crippen LogP contribution in [0.25, 0.3) is 10.9 Å². The summed E-state index contributed by atoms with van der Waals surface area (Å²) in [7, 11) is 0. The fraction of sp³-hybridized carbons (Fsp3) is 0.200. The second-order valence-electron chi connectivity index (χ2n) is 7.27. The third-order valence-corrected chi connectivity index (χ3v) is 4.52. The van der Waals surface area contributed by atoms with Crippen molar-refractivity contribution in [2.24, 2.45) is 5.41 Å². The zero-order chi connectivity index (χ0) is 17.9. The molecule has 25 heavy (non-hydrogen) atoms. The van der Waals surface area contributed by atoms with Crippen LogP contribution in [-0.2, 0) is 0 Å². The average Bonchev–Trinajstić information content (AvgIpc) is 3.01. The molecule has 1 aliphatic carbocycles. The maximum absolute atomic E-state index is 13.0. The molecule has 1 aliphatic rings. The van der Waals surface area contributed by atoms with Crippen molar-refractivity contribution < 1.29 is 14.4 Å². The van der Waals surface area contributed by atoms with Crippen LogP contribution >= 0.6 is 0 Å². The molecule has 0 radical (unpaired) electrons. The van der Waals surface area contributed by atoms with Gasteiger partial charge in [0.25, 0.3) is 0 Å². The number of Topliss-reactive ketones (excluding diaryl/α,β-unsaturated/α-hetero) is 1. The minimum absolute atomic E-state index is 0.0927. The van der Waals surface area contributed by atoms with Crippen molar-refractivity contribution in [2.45, 2.75) is 20.8 Å². The predicted octanol–water partition coefficient (Wildman–Crippen LogP) is 3.57. The number of aromatic nitrogens is 2. The summed E-state index contributed by atoms with van der Waals surface area (Å²) >= 11 is 0. The highest BCUT2D eigenvalue weighted by atomic mass is 16.1. The number of carbonyl (C=O) groups is 3. The molecule has 3 aromatic rings. The zero-order valence-electron chi connectivity index (χ0n) is 14.1. The number of carbonyl (C=O) groups excluding carboxylic acids is 3. The van der Waals surface area contributed by atoms with E-state index in [1.54, 1.807) is 36.4 Å². The summed E-state index contributed by atoms with van der Waals surface area (Å²) in [5, 5.41) is 7.54. The fourth-order valence-corrected chi connectivity index (χ4v) is 3.21. The van der Waals surface area contributed by atoms with Crippen LogP contribution in [0, 0.1) is 5.41 Å². The van der Waals surface area contributed by atoms with Crippen LogP contribution in [0.5, 0.6) is 0 Å². The van der Waals surface area contributed by atoms with Crippen LogP contribution in [0.1, 0.15) is 63.1 Å². The topological polar surface area (TPSA) is 79.9 Å². The highest BCUT2D eigenvalue weighted by Crippen LogP contribution is 2.34. The molecule has 124 valence electrons. The third kappa shape index (κ3) is 2.09. The van der Waals surface area contributed by atoms with E-state index >= 15 is 0 Å². The number of nitrogens with one attached hydrogen (secondary N) is 1. The molecule has 0 saturated heterocycles. The quantitative estimate of drug-likeness (QED) is 0.540. The average molecular weight is 332 g/mol. The van der Waals surface area contributed by atoms with Crippen molar-refractivity contribution in [3.63, 3.8) is 0 Å². The van der Waals surface area contributed by atoms with Gasteiger partial charge in [0.15, 0.2) is 17.3 Å². The first-order valence-corrected chi connectivity index (χ1v) is 8.05. The van der Waals surface area contributed by atoms with E-state index in [4.69, 9.17) is 0 Å². The zero-order valence-corrected chi connectivity index (χ0v) is 14.1. The van der Waals surface area contributed by atoms with Crippen molar-refractivity contribution in [2.75, 3.05) is 0 Å². The Hall–Kier alpha value is -3.08. The molecule has 1 N–H and O–H groups in total. The van der Waals surface area contributed by atoms with Gasteiger partial charge in [0.05, 0.1) is 5.56 Å². The summed E-state index contributed by atoms with van der Waals surface area (Å²) in [6, 6.07) is 10.1. The lowest BCUT2D eigenvalue weighted by Gasteiger charge is -2.18. The molecule has 0 spiro atoms. The molecule has 4 rings (SSSR count). The van der Waals surface area contributed by atoms with Gasteiger partial charge in [-0.05, 0) is 12.1 Å². The molecular weight excluding hydrogens is 316 g/mol. The fourth-order valence-electron chi connectivity index (χ4n) is 3.21. The van der Waals surface area contributed by atoms with Gasteiger partial charge in [0.2, 0.25) is 0 Å². The smallest absolute Gasteiger partial charge is 0.196 e. The van der Waals surface area contributed by atoms with E-state index in [0.29, 0.717) is 33.3 Å². The molecule has 0 aliphatic heterocycles. The molecule has 0 atom stereocenters. The number of rotatable bonds is 1. The summed E-state index contributed by atoms with van der Waals surface area (Å²) in [6.45, 7) is 5.47. The molecule has 0 saturated carbocycles. The Balaban J connectivity index is 1.99. The second-order valence-corrected chi connectivity index (χ2v) is 7.27. The summed E-state index contributed by atoms with van der Waals surface area (Å²) in [5.41, 5.74) is 1.53. The van der Waals surface area contributed by atoms with Crippen LogP contribution in [0.4, 0.5) is 0 Å². The number of aromatic amines is 1. The predicted molar refractivity (Wildman–Crippen MR) is 93.2 cm³/mol. The van der Waals surface area contributed by atoms with E-state index in [0.717, 1.165) is 0 Å². The van der Waals surface area contributed by atoms with E-state index in [-0.39, 0.29) is 22.9 Å². The van der Waals surface area contributed by atoms with Crippen LogP contribution in [0.15, 0.2) is 36.4 Å². The molecule has 5 nitrogen and oxygen atoms in total. The molecule has 0 fully saturated rings. The van der Waals surface area contributed by atoms with Gasteiger partial charge < -0.3 is 0 Å². The first kappa shape index (κ1) is 15.4. The Morgan fingerprint density at radius 2 is 1.56 bits per heavy atom. The number of H-pyrrole nitrogens is 1. The number of nitrogens with zero attached hydrogens (tertiary/aromatic N) is 1. The Bertz CT molecular complexity index is 1080. The SMILES string of the molecule is CC(C)(C)C(=O)c1[nH]nc2c3c(ccc12)C(=O)c1ccccc1C3=O. The van der Waals surface area contributed by atoms with Gasteiger partial charge in [0.1, 0.15) is 11.2 Å². The number of fused-ring (bicyclic) bond motifs is 4. The minimum atomic E-state index is -0.582. The first-order valence-electron chi connectivity index (χ1n) is 8.05. The largest absolute Gasteiger partial charge is 0.292 e. The van der Waals surface area contributed by atoms with E-state index in [2.05, 4.69) is 10.2 Å². The molecule has 1 aromatic heterocycles. The molecule has 0 bridgehead atoms. The lowest BCUT2D eigenvalue weighted by atomic mass is 9.82. The van der Waals surface area contributed by atoms with E-state index in [9.17, 15) is 14.4 Å². The number of hydrogen-bond donors (Lipinski definition) is 1. The molecule has 0 amide bonds. The third-order valence-electron chi connectivity index (χ3n) is 4.52. The van der Waals surface area contributed by atoms with E-state index in [1.165, 1.54) is 0 Å². The van der Waals surface area contributed by atoms with Gasteiger partial charge in [-0.15, -0.1) is 0 Å². The van der Waals surface area contributed by atoms with E-state index < -0.39 is 5.41 Å². The standard InChI is InChI=1S/C20H16N2O3/c1-20(2,3)19(25)16-13-9-8-12-14(15(13)21-22-16)18(24)11-7-5-4-6-10(11)17(12)23/h4-9H,1-3H3,(H,21,22). The summed E-state index contributed by atoms with van der Waals surface area (Å²) in [4.78, 5) is 38.3. The molecule has 1 heterocycles. The van der Waals surface area contributed by atoms with Crippen LogP contribution < -0.4 is 0 Å². The number of benzene rings is 2. The Kier molecular flexibility index (Phi) is 3.06. The highest BCUT2D eigenvalue weighted by molar-refractivity contribution is 6.32. The van der Waals surface area contributed by atoms with Crippen molar-refractivity contribution in [1.82, 2.24) is 10.2 Å². The Labute approximate surface area is 144 Å². The van der Waals surface area contributed by atoms with Gasteiger partial charge >= 0.3 is 0 Å². The molecule has 5 heteroatoms. The Morgan fingerprint density at radius 1 is 0.920 bits per heavy atom. The van der Waals surface area contributed by atoms with Gasteiger partial charge in [-0.2, -0.15) is 5.10 Å². The number of hydrogen-bond acceptors (Lipinski definition) is 4. The van der Waals surface area contributed by atoms with Crippen LogP contribution in [0.2, 0.25) is 0 Å². The van der Waals surface area contributed by atoms with Crippen molar-refractivity contribution in [3.8, 4) is 0 Å². The lowest BCUT2D eigenvalue weighted by molar-refractivity contribution is 0.0854. The monoisotopic (exact) mass is 332 g/mol. The lowest BCUT2D eigenvalue weighted by Crippen LogP contribution is -2.22. The van der Waals surface area contributed by atoms with Crippen molar-refractivity contribution in [3.05, 3.63) is 64.3 Å². The van der Waals surface area contributed by atoms with Crippen molar-refractivity contribution >= 4 is 28.3 Å². The maximum atomic E-state index is 13.0. The molecule has 2 aromatic carbocycles. The molecular formula is C20H16N2O3. The minimum Gasteiger partial charge on any atom is -0.292 e. The highest BCUT2D eigenvalue weighted by Gasteiger charge is 2.34. The maximum Gasteiger partial charge on any atom is 0.196 e. The van der Waals surface area contributed by atoms with Crippen LogP contribution in [0.3, 0.4) is 0 Å². The first-order chi connectivity index (χ1) is 11.8. The van der Waals surface area contributed by atoms with Gasteiger partial charge in [-0.25, -0.2) is 0 Å². The summed E-state index contributed by atoms with van der Waals surface area (Å²) in [5.74, 6) is -0.527. The van der Waals surface area contributed by atoms with E-state index in [1.807, 2.05) is 20.8 Å².